The average molecular weight is 474 g/mol. The van der Waals surface area contributed by atoms with Gasteiger partial charge in [0, 0.05) is 6.54 Å². The summed E-state index contributed by atoms with van der Waals surface area (Å²) >= 11 is 0. The second-order valence-electron chi connectivity index (χ2n) is 7.76. The molecule has 2 saturated heterocycles. The number of nitrogens with one attached hydrogen (secondary N) is 1. The van der Waals surface area contributed by atoms with Crippen molar-refractivity contribution >= 4 is 27.8 Å². The fourth-order valence-corrected chi connectivity index (χ4v) is 4.85. The zero-order valence-electron chi connectivity index (χ0n) is 17.8. The molecule has 11 heteroatoms. The molecule has 2 fully saturated rings. The molecule has 1 N–H and O–H groups in total. The van der Waals surface area contributed by atoms with Crippen LogP contribution in [0.1, 0.15) is 5.56 Å². The van der Waals surface area contributed by atoms with Gasteiger partial charge in [-0.25, -0.2) is 13.2 Å². The van der Waals surface area contributed by atoms with Gasteiger partial charge in [0.05, 0.1) is 12.3 Å². The van der Waals surface area contributed by atoms with E-state index in [1.165, 1.54) is 0 Å². The molecule has 0 bridgehead atoms. The molecule has 0 spiro atoms. The van der Waals surface area contributed by atoms with Gasteiger partial charge < -0.3 is 19.7 Å². The smallest absolute Gasteiger partial charge is 0.345 e. The highest BCUT2D eigenvalue weighted by Gasteiger charge is 2.62. The molecule has 0 saturated carbocycles. The van der Waals surface area contributed by atoms with Crippen LogP contribution in [0.4, 0.5) is 0 Å². The lowest BCUT2D eigenvalue weighted by atomic mass is 9.96. The minimum Gasteiger partial charge on any atom is -0.484 e. The van der Waals surface area contributed by atoms with E-state index in [4.69, 9.17) is 9.47 Å². The lowest BCUT2D eigenvalue weighted by molar-refractivity contribution is -0.167. The molecule has 2 amide bonds. The Bertz CT molecular complexity index is 1140. The number of benzene rings is 2. The van der Waals surface area contributed by atoms with Crippen molar-refractivity contribution in [3.8, 4) is 5.75 Å². The van der Waals surface area contributed by atoms with E-state index in [1.54, 1.807) is 48.5 Å². The second kappa shape index (κ2) is 9.20. The van der Waals surface area contributed by atoms with E-state index in [9.17, 15) is 22.8 Å². The van der Waals surface area contributed by atoms with Gasteiger partial charge in [0.15, 0.2) is 12.8 Å². The van der Waals surface area contributed by atoms with Gasteiger partial charge in [-0.2, -0.15) is 4.31 Å². The molecular formula is C22H23N3O7S. The van der Waals surface area contributed by atoms with Gasteiger partial charge >= 0.3 is 5.97 Å². The molecule has 0 aromatic heterocycles. The fraction of sp³-hybridized carbons (Fsp3) is 0.318. The van der Waals surface area contributed by atoms with Crippen molar-refractivity contribution in [3.05, 3.63) is 66.2 Å². The van der Waals surface area contributed by atoms with Crippen LogP contribution in [-0.4, -0.2) is 73.1 Å². The first-order valence-electron chi connectivity index (χ1n) is 10.2. The predicted octanol–water partition coefficient (Wildman–Crippen LogP) is 0.106. The normalized spacial score (nSPS) is 22.3. The second-order valence-corrected chi connectivity index (χ2v) is 9.69. The van der Waals surface area contributed by atoms with Crippen LogP contribution in [0.3, 0.4) is 0 Å². The topological polar surface area (TPSA) is 122 Å². The van der Waals surface area contributed by atoms with Crippen molar-refractivity contribution in [1.29, 1.82) is 0 Å². The van der Waals surface area contributed by atoms with Crippen LogP contribution in [0.15, 0.2) is 60.7 Å². The summed E-state index contributed by atoms with van der Waals surface area (Å²) in [6, 6.07) is 16.0. The zero-order chi connectivity index (χ0) is 23.6. The summed E-state index contributed by atoms with van der Waals surface area (Å²) in [6.07, 6.45) is -0.447. The number of sulfonamides is 1. The molecular weight excluding hydrogens is 450 g/mol. The molecule has 3 atom stereocenters. The van der Waals surface area contributed by atoms with Crippen LogP contribution in [0.25, 0.3) is 0 Å². The zero-order valence-corrected chi connectivity index (χ0v) is 18.6. The minimum absolute atomic E-state index is 0.0581. The van der Waals surface area contributed by atoms with Gasteiger partial charge in [0.25, 0.3) is 5.91 Å². The Kier molecular flexibility index (Phi) is 6.34. The van der Waals surface area contributed by atoms with Gasteiger partial charge in [-0.05, 0) is 17.7 Å². The molecule has 2 aromatic rings. The molecule has 2 unspecified atom stereocenters. The maximum atomic E-state index is 12.8. The molecule has 2 aliphatic heterocycles. The largest absolute Gasteiger partial charge is 0.484 e. The summed E-state index contributed by atoms with van der Waals surface area (Å²) in [7, 11) is -3.83. The van der Waals surface area contributed by atoms with E-state index >= 15 is 0 Å². The number of β-lactam (4-membered cyclic amide) rings is 1. The van der Waals surface area contributed by atoms with E-state index < -0.39 is 46.1 Å². The van der Waals surface area contributed by atoms with Crippen molar-refractivity contribution < 1.29 is 32.3 Å². The number of hydrogen-bond donors (Lipinski definition) is 1. The van der Waals surface area contributed by atoms with Gasteiger partial charge in [-0.1, -0.05) is 48.5 Å². The van der Waals surface area contributed by atoms with Crippen molar-refractivity contribution in [1.82, 2.24) is 14.5 Å². The average Bonchev–Trinajstić information content (AvgIpc) is 3.18. The summed E-state index contributed by atoms with van der Waals surface area (Å²) in [4.78, 5) is 39.0. The number of carbonyl (C=O) groups is 3. The number of carbonyl (C=O) groups excluding carboxylic acids is 3. The Morgan fingerprint density at radius 2 is 1.70 bits per heavy atom. The number of esters is 1. The predicted molar refractivity (Wildman–Crippen MR) is 116 cm³/mol. The Hall–Kier alpha value is -3.44. The fourth-order valence-electron chi connectivity index (χ4n) is 3.88. The molecule has 0 radical (unpaired) electrons. The van der Waals surface area contributed by atoms with Crippen LogP contribution >= 0.6 is 0 Å². The standard InChI is InChI=1S/C22H23N3O7S/c1-33(29,30)24-12-17-19(23-18(26)14-31-16-10-6-3-7-11-16)21(27)25(17)20(24)22(28)32-13-15-8-4-2-5-9-15/h2-11,17,19-20H,12-14H2,1H3,(H,23,26)/t17?,19-,20?/m1/s1. The summed E-state index contributed by atoms with van der Waals surface area (Å²) < 4.78 is 36.2. The van der Waals surface area contributed by atoms with Crippen LogP contribution < -0.4 is 10.1 Å². The number of para-hydroxylation sites is 1. The van der Waals surface area contributed by atoms with Crippen molar-refractivity contribution in [3.63, 3.8) is 0 Å². The summed E-state index contributed by atoms with van der Waals surface area (Å²) in [6.45, 7) is -0.490. The number of amides is 2. The first kappa shape index (κ1) is 22.7. The molecule has 174 valence electrons. The Morgan fingerprint density at radius 3 is 2.33 bits per heavy atom. The number of fused-ring (bicyclic) bond motifs is 1. The van der Waals surface area contributed by atoms with Crippen molar-refractivity contribution in [2.24, 2.45) is 0 Å². The van der Waals surface area contributed by atoms with Crippen molar-refractivity contribution in [2.75, 3.05) is 19.4 Å². The summed E-state index contributed by atoms with van der Waals surface area (Å²) in [5, 5.41) is 2.57. The summed E-state index contributed by atoms with van der Waals surface area (Å²) in [5.74, 6) is -1.43. The highest BCUT2D eigenvalue weighted by Crippen LogP contribution is 2.34. The molecule has 10 nitrogen and oxygen atoms in total. The molecule has 0 aliphatic carbocycles. The summed E-state index contributed by atoms with van der Waals surface area (Å²) in [5.41, 5.74) is 0.727. The highest BCUT2D eigenvalue weighted by atomic mass is 32.2. The van der Waals surface area contributed by atoms with Crippen LogP contribution in [0.5, 0.6) is 5.75 Å². The lowest BCUT2D eigenvalue weighted by Crippen LogP contribution is -2.71. The number of hydrogen-bond acceptors (Lipinski definition) is 7. The molecule has 4 rings (SSSR count). The van der Waals surface area contributed by atoms with E-state index in [2.05, 4.69) is 5.32 Å². The van der Waals surface area contributed by atoms with Crippen molar-refractivity contribution in [2.45, 2.75) is 24.9 Å². The molecule has 2 aliphatic rings. The Labute approximate surface area is 191 Å². The van der Waals surface area contributed by atoms with E-state index in [1.807, 2.05) is 12.1 Å². The maximum Gasteiger partial charge on any atom is 0.345 e. The molecule has 33 heavy (non-hydrogen) atoms. The van der Waals surface area contributed by atoms with Gasteiger partial charge in [-0.15, -0.1) is 0 Å². The highest BCUT2D eigenvalue weighted by molar-refractivity contribution is 7.88. The SMILES string of the molecule is CS(=O)(=O)N1CC2[C@@H](NC(=O)COc3ccccc3)C(=O)N2C1C(=O)OCc1ccccc1. The molecule has 2 heterocycles. The van der Waals surface area contributed by atoms with E-state index in [-0.39, 0.29) is 19.8 Å². The van der Waals surface area contributed by atoms with Crippen LogP contribution in [0, 0.1) is 0 Å². The van der Waals surface area contributed by atoms with E-state index in [0.29, 0.717) is 5.75 Å². The Morgan fingerprint density at radius 1 is 1.06 bits per heavy atom. The van der Waals surface area contributed by atoms with Gasteiger partial charge in [-0.3, -0.25) is 9.59 Å². The van der Waals surface area contributed by atoms with Gasteiger partial charge in [0.2, 0.25) is 15.9 Å². The maximum absolute atomic E-state index is 12.8. The van der Waals surface area contributed by atoms with Gasteiger partial charge in [0.1, 0.15) is 18.4 Å². The monoisotopic (exact) mass is 473 g/mol. The first-order chi connectivity index (χ1) is 15.8. The van der Waals surface area contributed by atoms with Crippen LogP contribution in [0.2, 0.25) is 0 Å². The number of rotatable bonds is 8. The third kappa shape index (κ3) is 4.83. The third-order valence-electron chi connectivity index (χ3n) is 5.46. The quantitative estimate of drug-likeness (QED) is 0.426. The minimum atomic E-state index is -3.83. The number of nitrogens with zero attached hydrogens (tertiary/aromatic N) is 2. The third-order valence-corrected chi connectivity index (χ3v) is 6.66. The number of ether oxygens (including phenoxy) is 2. The first-order valence-corrected chi connectivity index (χ1v) is 12.1. The van der Waals surface area contributed by atoms with Crippen LogP contribution in [-0.2, 0) is 35.8 Å². The Balaban J connectivity index is 1.41. The molecule has 2 aromatic carbocycles. The lowest BCUT2D eigenvalue weighted by Gasteiger charge is -2.43. The van der Waals surface area contributed by atoms with E-state index in [0.717, 1.165) is 21.0 Å².